The molecule has 1 atom stereocenters. The zero-order valence-electron chi connectivity index (χ0n) is 12.4. The second kappa shape index (κ2) is 7.44. The van der Waals surface area contributed by atoms with Crippen molar-refractivity contribution in [2.45, 2.75) is 18.6 Å². The van der Waals surface area contributed by atoms with Gasteiger partial charge >= 0.3 is 12.1 Å². The minimum atomic E-state index is -4.57. The molecule has 0 saturated heterocycles. The average molecular weight is 353 g/mol. The Hall–Kier alpha value is -2.41. The second-order valence-electron chi connectivity index (χ2n) is 5.10. The molecule has 0 saturated carbocycles. The number of carboxylic acid groups (broad SMARTS) is 1. The number of carbonyl (C=O) groups is 1. The summed E-state index contributed by atoms with van der Waals surface area (Å²) >= 11 is 5.01. The highest BCUT2D eigenvalue weighted by Crippen LogP contribution is 2.32. The van der Waals surface area contributed by atoms with Crippen molar-refractivity contribution in [1.82, 2.24) is 5.32 Å². The zero-order valence-corrected chi connectivity index (χ0v) is 13.2. The monoisotopic (exact) mass is 353 g/mol. The van der Waals surface area contributed by atoms with E-state index < -0.39 is 23.8 Å². The summed E-state index contributed by atoms with van der Waals surface area (Å²) in [6, 6.07) is 12.5. The molecule has 126 valence electrons. The lowest BCUT2D eigenvalue weighted by Gasteiger charge is -2.19. The third kappa shape index (κ3) is 4.55. The van der Waals surface area contributed by atoms with Gasteiger partial charge in [-0.25, -0.2) is 4.79 Å². The molecule has 2 aromatic carbocycles. The van der Waals surface area contributed by atoms with Crippen LogP contribution >= 0.6 is 12.2 Å². The van der Waals surface area contributed by atoms with Crippen molar-refractivity contribution in [3.63, 3.8) is 0 Å². The van der Waals surface area contributed by atoms with Gasteiger partial charge in [0.15, 0.2) is 0 Å². The molecular weight excluding hydrogens is 339 g/mol. The van der Waals surface area contributed by atoms with Crippen LogP contribution in [-0.4, -0.2) is 22.1 Å². The zero-order chi connectivity index (χ0) is 17.7. The number of thiocarbonyl (C=S) groups is 1. The molecule has 0 amide bonds. The quantitative estimate of drug-likeness (QED) is 0.806. The number of alkyl halides is 3. The Balaban J connectivity index is 2.22. The highest BCUT2D eigenvalue weighted by atomic mass is 32.1. The molecule has 2 N–H and O–H groups in total. The first-order valence-corrected chi connectivity index (χ1v) is 7.43. The summed E-state index contributed by atoms with van der Waals surface area (Å²) in [6.45, 7) is 0. The van der Waals surface area contributed by atoms with Crippen LogP contribution in [0.2, 0.25) is 0 Å². The normalized spacial score (nSPS) is 12.5. The Labute approximate surface area is 142 Å². The largest absolute Gasteiger partial charge is 0.480 e. The minimum absolute atomic E-state index is 0.102. The van der Waals surface area contributed by atoms with E-state index >= 15 is 0 Å². The van der Waals surface area contributed by atoms with E-state index in [0.717, 1.165) is 11.6 Å². The van der Waals surface area contributed by atoms with Crippen LogP contribution < -0.4 is 5.32 Å². The molecule has 0 aliphatic rings. The molecule has 0 spiro atoms. The van der Waals surface area contributed by atoms with Gasteiger partial charge in [0.1, 0.15) is 11.0 Å². The lowest BCUT2D eigenvalue weighted by molar-refractivity contribution is -0.139. The van der Waals surface area contributed by atoms with Crippen LogP contribution in [0.4, 0.5) is 13.2 Å². The highest BCUT2D eigenvalue weighted by molar-refractivity contribution is 7.80. The minimum Gasteiger partial charge on any atom is -0.480 e. The lowest BCUT2D eigenvalue weighted by atomic mass is 10.0. The molecule has 2 aromatic rings. The van der Waals surface area contributed by atoms with Crippen molar-refractivity contribution in [3.05, 3.63) is 71.3 Å². The van der Waals surface area contributed by atoms with E-state index in [2.05, 4.69) is 5.32 Å². The van der Waals surface area contributed by atoms with Crippen molar-refractivity contribution in [2.24, 2.45) is 0 Å². The Kier molecular flexibility index (Phi) is 5.56. The first kappa shape index (κ1) is 17.9. The number of nitrogens with one attached hydrogen (secondary N) is 1. The Morgan fingerprint density at radius 1 is 1.08 bits per heavy atom. The molecule has 0 fully saturated rings. The molecule has 3 nitrogen and oxygen atoms in total. The van der Waals surface area contributed by atoms with Crippen molar-refractivity contribution in [1.29, 1.82) is 0 Å². The van der Waals surface area contributed by atoms with Crippen LogP contribution in [0.5, 0.6) is 0 Å². The summed E-state index contributed by atoms with van der Waals surface area (Å²) in [5.74, 6) is -1.19. The Bertz CT molecular complexity index is 732. The van der Waals surface area contributed by atoms with E-state index in [4.69, 9.17) is 12.2 Å². The molecule has 0 aliphatic heterocycles. The summed E-state index contributed by atoms with van der Waals surface area (Å²) in [5, 5.41) is 11.8. The van der Waals surface area contributed by atoms with E-state index in [1.165, 1.54) is 18.2 Å². The number of halogens is 3. The van der Waals surface area contributed by atoms with E-state index in [1.807, 2.05) is 0 Å². The maximum atomic E-state index is 13.0. The van der Waals surface area contributed by atoms with Crippen molar-refractivity contribution in [2.75, 3.05) is 0 Å². The Morgan fingerprint density at radius 3 is 2.25 bits per heavy atom. The summed E-state index contributed by atoms with van der Waals surface area (Å²) < 4.78 is 39.1. The SMILES string of the molecule is O=C(O)[C@H](Cc1ccccc1)NC(=S)c1ccccc1C(F)(F)F. The highest BCUT2D eigenvalue weighted by Gasteiger charge is 2.34. The van der Waals surface area contributed by atoms with E-state index in [0.29, 0.717) is 0 Å². The van der Waals surface area contributed by atoms with Crippen molar-refractivity contribution >= 4 is 23.2 Å². The van der Waals surface area contributed by atoms with Gasteiger partial charge in [0.05, 0.1) is 5.56 Å². The average Bonchev–Trinajstić information content (AvgIpc) is 2.54. The molecule has 0 aliphatic carbocycles. The molecule has 0 unspecified atom stereocenters. The molecule has 0 radical (unpaired) electrons. The Morgan fingerprint density at radius 2 is 1.67 bits per heavy atom. The van der Waals surface area contributed by atoms with Gasteiger partial charge in [-0.05, 0) is 11.6 Å². The number of hydrogen-bond acceptors (Lipinski definition) is 2. The smallest absolute Gasteiger partial charge is 0.417 e. The maximum Gasteiger partial charge on any atom is 0.417 e. The number of carboxylic acids is 1. The van der Waals surface area contributed by atoms with Crippen LogP contribution in [0, 0.1) is 0 Å². The summed E-state index contributed by atoms with van der Waals surface area (Å²) in [5.41, 5.74) is -0.394. The van der Waals surface area contributed by atoms with Crippen LogP contribution in [-0.2, 0) is 17.4 Å². The predicted octanol–water partition coefficient (Wildman–Crippen LogP) is 3.67. The molecular formula is C17H14F3NO2S. The molecule has 7 heteroatoms. The van der Waals surface area contributed by atoms with Gasteiger partial charge in [-0.3, -0.25) is 0 Å². The van der Waals surface area contributed by atoms with Crippen LogP contribution in [0.25, 0.3) is 0 Å². The van der Waals surface area contributed by atoms with Gasteiger partial charge < -0.3 is 10.4 Å². The van der Waals surface area contributed by atoms with E-state index in [-0.39, 0.29) is 17.0 Å². The van der Waals surface area contributed by atoms with Crippen molar-refractivity contribution in [3.8, 4) is 0 Å². The molecule has 0 bridgehead atoms. The predicted molar refractivity (Wildman–Crippen MR) is 87.8 cm³/mol. The molecule has 24 heavy (non-hydrogen) atoms. The fourth-order valence-electron chi connectivity index (χ4n) is 2.21. The first-order chi connectivity index (χ1) is 11.3. The third-order valence-corrected chi connectivity index (χ3v) is 3.70. The van der Waals surface area contributed by atoms with Crippen LogP contribution in [0.1, 0.15) is 16.7 Å². The van der Waals surface area contributed by atoms with E-state index in [1.54, 1.807) is 30.3 Å². The standard InChI is InChI=1S/C17H14F3NO2S/c18-17(19,20)13-9-5-4-8-12(13)15(24)21-14(16(22)23)10-11-6-2-1-3-7-11/h1-9,14H,10H2,(H,21,24)(H,22,23)/t14-/m0/s1. The van der Waals surface area contributed by atoms with Gasteiger partial charge in [-0.2, -0.15) is 13.2 Å². The van der Waals surface area contributed by atoms with Gasteiger partial charge in [0.25, 0.3) is 0 Å². The fraction of sp³-hybridized carbons (Fsp3) is 0.176. The summed E-state index contributed by atoms with van der Waals surface area (Å²) in [4.78, 5) is 11.2. The van der Waals surface area contributed by atoms with Gasteiger partial charge in [-0.15, -0.1) is 0 Å². The number of hydrogen-bond donors (Lipinski definition) is 2. The molecule has 2 rings (SSSR count). The van der Waals surface area contributed by atoms with E-state index in [9.17, 15) is 23.1 Å². The van der Waals surface area contributed by atoms with Gasteiger partial charge in [-0.1, -0.05) is 60.7 Å². The second-order valence-corrected chi connectivity index (χ2v) is 5.51. The van der Waals surface area contributed by atoms with Gasteiger partial charge in [0, 0.05) is 12.0 Å². The lowest BCUT2D eigenvalue weighted by Crippen LogP contribution is -2.42. The fourth-order valence-corrected chi connectivity index (χ4v) is 2.53. The molecule has 0 aromatic heterocycles. The number of benzene rings is 2. The third-order valence-electron chi connectivity index (χ3n) is 3.36. The molecule has 0 heterocycles. The number of rotatable bonds is 5. The summed E-state index contributed by atoms with van der Waals surface area (Å²) in [6.07, 6.45) is -4.47. The maximum absolute atomic E-state index is 13.0. The summed E-state index contributed by atoms with van der Waals surface area (Å²) in [7, 11) is 0. The first-order valence-electron chi connectivity index (χ1n) is 7.03. The van der Waals surface area contributed by atoms with Crippen LogP contribution in [0.3, 0.4) is 0 Å². The number of aliphatic carboxylic acids is 1. The topological polar surface area (TPSA) is 49.3 Å². The van der Waals surface area contributed by atoms with Crippen LogP contribution in [0.15, 0.2) is 54.6 Å². The van der Waals surface area contributed by atoms with Crippen molar-refractivity contribution < 1.29 is 23.1 Å². The van der Waals surface area contributed by atoms with Gasteiger partial charge in [0.2, 0.25) is 0 Å².